The first-order valence-electron chi connectivity index (χ1n) is 5.99. The van der Waals surface area contributed by atoms with Gasteiger partial charge >= 0.3 is 0 Å². The molecule has 0 atom stereocenters. The molecule has 0 radical (unpaired) electrons. The quantitative estimate of drug-likeness (QED) is 0.732. The predicted octanol–water partition coefficient (Wildman–Crippen LogP) is -0.164. The third-order valence-electron chi connectivity index (χ3n) is 3.09. The summed E-state index contributed by atoms with van der Waals surface area (Å²) in [6, 6.07) is 0. The third-order valence-corrected chi connectivity index (χ3v) is 4.97. The Morgan fingerprint density at radius 2 is 2.37 bits per heavy atom. The van der Waals surface area contributed by atoms with Gasteiger partial charge in [0.25, 0.3) is 10.0 Å². The Morgan fingerprint density at radius 3 is 2.95 bits per heavy atom. The molecule has 1 aromatic rings. The number of aromatic amines is 1. The van der Waals surface area contributed by atoms with Gasteiger partial charge in [-0.25, -0.2) is 8.42 Å². The Hall–Kier alpha value is -1.22. The molecule has 2 heterocycles. The highest BCUT2D eigenvalue weighted by atomic mass is 32.2. The molecule has 1 aromatic heterocycles. The molecule has 0 amide bonds. The maximum Gasteiger partial charge on any atom is 0.260 e. The molecule has 0 saturated carbocycles. The summed E-state index contributed by atoms with van der Waals surface area (Å²) in [4.78, 5) is 0. The predicted molar refractivity (Wildman–Crippen MR) is 69.8 cm³/mol. The van der Waals surface area contributed by atoms with Gasteiger partial charge in [-0.1, -0.05) is 6.08 Å². The van der Waals surface area contributed by atoms with Crippen molar-refractivity contribution in [3.8, 4) is 0 Å². The Balaban J connectivity index is 2.19. The van der Waals surface area contributed by atoms with Gasteiger partial charge in [0.2, 0.25) is 0 Å². The van der Waals surface area contributed by atoms with Crippen LogP contribution in [0.1, 0.15) is 12.0 Å². The summed E-state index contributed by atoms with van der Waals surface area (Å²) in [6.45, 7) is 1.49. The number of nitrogens with one attached hydrogen (secondary N) is 1. The summed E-state index contributed by atoms with van der Waals surface area (Å²) >= 11 is 0. The number of methoxy groups -OCH3 is 1. The number of H-pyrrole nitrogens is 1. The van der Waals surface area contributed by atoms with Crippen molar-refractivity contribution in [1.29, 1.82) is 0 Å². The maximum atomic E-state index is 12.4. The van der Waals surface area contributed by atoms with Crippen molar-refractivity contribution < 1.29 is 13.2 Å². The number of rotatable bonds is 5. The Labute approximate surface area is 112 Å². The fourth-order valence-electron chi connectivity index (χ4n) is 2.02. The van der Waals surface area contributed by atoms with Crippen LogP contribution in [0.4, 0.5) is 0 Å². The van der Waals surface area contributed by atoms with E-state index in [9.17, 15) is 8.42 Å². The van der Waals surface area contributed by atoms with E-state index in [-0.39, 0.29) is 11.6 Å². The van der Waals surface area contributed by atoms with Gasteiger partial charge in [-0.05, 0) is 12.0 Å². The molecule has 0 unspecified atom stereocenters. The average Bonchev–Trinajstić information content (AvgIpc) is 2.89. The number of hydrogen-bond acceptors (Lipinski definition) is 5. The van der Waals surface area contributed by atoms with Gasteiger partial charge in [-0.15, -0.1) is 0 Å². The summed E-state index contributed by atoms with van der Waals surface area (Å²) in [7, 11) is -1.92. The van der Waals surface area contributed by atoms with Crippen LogP contribution in [0.5, 0.6) is 0 Å². The molecular formula is C11H18N4O3S. The van der Waals surface area contributed by atoms with E-state index in [0.29, 0.717) is 31.7 Å². The van der Waals surface area contributed by atoms with Crippen LogP contribution in [-0.2, 0) is 21.3 Å². The van der Waals surface area contributed by atoms with E-state index in [0.717, 1.165) is 5.57 Å². The smallest absolute Gasteiger partial charge is 0.260 e. The van der Waals surface area contributed by atoms with Crippen LogP contribution in [0.15, 0.2) is 22.9 Å². The third kappa shape index (κ3) is 2.86. The van der Waals surface area contributed by atoms with Crippen molar-refractivity contribution >= 4 is 10.0 Å². The lowest BCUT2D eigenvalue weighted by Crippen LogP contribution is -2.36. The zero-order valence-corrected chi connectivity index (χ0v) is 11.6. The van der Waals surface area contributed by atoms with Crippen molar-refractivity contribution in [3.05, 3.63) is 23.4 Å². The zero-order chi connectivity index (χ0) is 13.9. The Morgan fingerprint density at radius 1 is 1.58 bits per heavy atom. The van der Waals surface area contributed by atoms with E-state index in [1.54, 1.807) is 7.11 Å². The second kappa shape index (κ2) is 5.83. The SMILES string of the molecule is COCC1=CCN(S(=O)(=O)c2[nH]ncc2CN)CC1. The molecule has 1 aliphatic heterocycles. The molecule has 0 aliphatic carbocycles. The summed E-state index contributed by atoms with van der Waals surface area (Å²) in [5, 5.41) is 6.37. The van der Waals surface area contributed by atoms with Gasteiger partial charge in [-0.2, -0.15) is 9.40 Å². The van der Waals surface area contributed by atoms with Crippen LogP contribution in [0.2, 0.25) is 0 Å². The van der Waals surface area contributed by atoms with Crippen LogP contribution in [-0.4, -0.2) is 49.7 Å². The molecular weight excluding hydrogens is 268 g/mol. The van der Waals surface area contributed by atoms with E-state index >= 15 is 0 Å². The highest BCUT2D eigenvalue weighted by molar-refractivity contribution is 7.89. The van der Waals surface area contributed by atoms with Crippen molar-refractivity contribution in [2.75, 3.05) is 26.8 Å². The van der Waals surface area contributed by atoms with E-state index in [1.807, 2.05) is 6.08 Å². The molecule has 0 bridgehead atoms. The van der Waals surface area contributed by atoms with Gasteiger partial charge in [0.15, 0.2) is 5.03 Å². The van der Waals surface area contributed by atoms with Gasteiger partial charge < -0.3 is 10.5 Å². The van der Waals surface area contributed by atoms with Gasteiger partial charge in [-0.3, -0.25) is 5.10 Å². The maximum absolute atomic E-state index is 12.4. The topological polar surface area (TPSA) is 101 Å². The molecule has 0 saturated heterocycles. The Kier molecular flexibility index (Phi) is 4.35. The van der Waals surface area contributed by atoms with Crippen molar-refractivity contribution in [2.45, 2.75) is 18.0 Å². The molecule has 7 nitrogen and oxygen atoms in total. The van der Waals surface area contributed by atoms with E-state index in [1.165, 1.54) is 10.5 Å². The van der Waals surface area contributed by atoms with Crippen LogP contribution >= 0.6 is 0 Å². The zero-order valence-electron chi connectivity index (χ0n) is 10.8. The number of nitrogens with two attached hydrogens (primary N) is 1. The summed E-state index contributed by atoms with van der Waals surface area (Å²) in [5.41, 5.74) is 7.14. The average molecular weight is 286 g/mol. The van der Waals surface area contributed by atoms with Crippen molar-refractivity contribution in [3.63, 3.8) is 0 Å². The second-order valence-electron chi connectivity index (χ2n) is 4.34. The van der Waals surface area contributed by atoms with Crippen molar-refractivity contribution in [2.24, 2.45) is 5.73 Å². The first-order valence-corrected chi connectivity index (χ1v) is 7.43. The molecule has 3 N–H and O–H groups in total. The molecule has 106 valence electrons. The van der Waals surface area contributed by atoms with E-state index < -0.39 is 10.0 Å². The summed E-state index contributed by atoms with van der Waals surface area (Å²) < 4.78 is 31.3. The monoisotopic (exact) mass is 286 g/mol. The van der Waals surface area contributed by atoms with E-state index in [4.69, 9.17) is 10.5 Å². The standard InChI is InChI=1S/C11H18N4O3S/c1-18-8-9-2-4-15(5-3-9)19(16,17)11-10(6-12)7-13-14-11/h2,7H,3-6,8,12H2,1H3,(H,13,14). The lowest BCUT2D eigenvalue weighted by molar-refractivity contribution is 0.219. The van der Waals surface area contributed by atoms with Crippen LogP contribution in [0.3, 0.4) is 0 Å². The number of nitrogens with zero attached hydrogens (tertiary/aromatic N) is 2. The first kappa shape index (κ1) is 14.2. The van der Waals surface area contributed by atoms with Gasteiger partial charge in [0.1, 0.15) is 0 Å². The highest BCUT2D eigenvalue weighted by Crippen LogP contribution is 2.21. The lowest BCUT2D eigenvalue weighted by atomic mass is 10.1. The molecule has 0 fully saturated rings. The summed E-state index contributed by atoms with van der Waals surface area (Å²) in [5.74, 6) is 0. The van der Waals surface area contributed by atoms with Crippen LogP contribution in [0, 0.1) is 0 Å². The minimum atomic E-state index is -3.55. The fraction of sp³-hybridized carbons (Fsp3) is 0.545. The molecule has 0 aromatic carbocycles. The van der Waals surface area contributed by atoms with Crippen LogP contribution in [0.25, 0.3) is 0 Å². The minimum Gasteiger partial charge on any atom is -0.380 e. The largest absolute Gasteiger partial charge is 0.380 e. The second-order valence-corrected chi connectivity index (χ2v) is 6.21. The number of hydrogen-bond donors (Lipinski definition) is 2. The molecule has 19 heavy (non-hydrogen) atoms. The van der Waals surface area contributed by atoms with Gasteiger partial charge in [0, 0.05) is 32.3 Å². The first-order chi connectivity index (χ1) is 9.09. The highest BCUT2D eigenvalue weighted by Gasteiger charge is 2.29. The van der Waals surface area contributed by atoms with Crippen LogP contribution < -0.4 is 5.73 Å². The number of sulfonamides is 1. The molecule has 8 heteroatoms. The number of ether oxygens (including phenoxy) is 1. The molecule has 1 aliphatic rings. The molecule has 0 spiro atoms. The van der Waals surface area contributed by atoms with Gasteiger partial charge in [0.05, 0.1) is 12.8 Å². The fourth-order valence-corrected chi connectivity index (χ4v) is 3.52. The lowest BCUT2D eigenvalue weighted by Gasteiger charge is -2.25. The Bertz CT molecular complexity index is 564. The van der Waals surface area contributed by atoms with Crippen molar-refractivity contribution in [1.82, 2.24) is 14.5 Å². The summed E-state index contributed by atoms with van der Waals surface area (Å²) in [6.07, 6.45) is 4.02. The normalized spacial score (nSPS) is 17.5. The molecule has 2 rings (SSSR count). The van der Waals surface area contributed by atoms with E-state index in [2.05, 4.69) is 10.2 Å². The number of aromatic nitrogens is 2. The minimum absolute atomic E-state index is 0.0959.